The third kappa shape index (κ3) is 3.32. The first-order valence-electron chi connectivity index (χ1n) is 6.89. The van der Waals surface area contributed by atoms with Crippen LogP contribution in [0.5, 0.6) is 11.5 Å². The van der Waals surface area contributed by atoms with Crippen molar-refractivity contribution in [2.45, 2.75) is 6.92 Å². The minimum absolute atomic E-state index is 0.0120. The van der Waals surface area contributed by atoms with Crippen LogP contribution >= 0.6 is 11.3 Å². The summed E-state index contributed by atoms with van der Waals surface area (Å²) < 4.78 is 0. The summed E-state index contributed by atoms with van der Waals surface area (Å²) in [4.78, 5) is 15.7. The minimum atomic E-state index is -0.250. The molecule has 3 aromatic rings. The molecule has 3 N–H and O–H groups in total. The predicted octanol–water partition coefficient (Wildman–Crippen LogP) is 3.85. The van der Waals surface area contributed by atoms with Crippen LogP contribution in [-0.4, -0.2) is 21.1 Å². The molecule has 1 aromatic heterocycles. The van der Waals surface area contributed by atoms with Crippen LogP contribution < -0.4 is 5.32 Å². The highest BCUT2D eigenvalue weighted by Gasteiger charge is 2.10. The molecule has 1 amide bonds. The molecule has 0 saturated heterocycles. The summed E-state index contributed by atoms with van der Waals surface area (Å²) in [6.45, 7) is 1.39. The first-order valence-corrected chi connectivity index (χ1v) is 7.77. The number of nitrogens with one attached hydrogen (secondary N) is 1. The number of rotatable bonds is 3. The number of benzene rings is 2. The van der Waals surface area contributed by atoms with Gasteiger partial charge >= 0.3 is 0 Å². The van der Waals surface area contributed by atoms with Crippen molar-refractivity contribution >= 4 is 22.9 Å². The number of phenols is 2. The minimum Gasteiger partial charge on any atom is -0.508 e. The zero-order valence-electron chi connectivity index (χ0n) is 12.3. The number of anilines is 1. The molecule has 0 fully saturated rings. The van der Waals surface area contributed by atoms with Gasteiger partial charge in [-0.1, -0.05) is 0 Å². The van der Waals surface area contributed by atoms with E-state index in [1.54, 1.807) is 36.4 Å². The van der Waals surface area contributed by atoms with Gasteiger partial charge in [-0.15, -0.1) is 11.3 Å². The highest BCUT2D eigenvalue weighted by atomic mass is 32.1. The number of thiazole rings is 1. The van der Waals surface area contributed by atoms with Crippen LogP contribution in [-0.2, 0) is 4.79 Å². The Bertz CT molecular complexity index is 857. The number of carbonyl (C=O) groups is 1. The average Bonchev–Trinajstić information content (AvgIpc) is 2.99. The molecule has 0 unspecified atom stereocenters. The first-order chi connectivity index (χ1) is 11.0. The molecule has 0 spiro atoms. The molecule has 0 bridgehead atoms. The molecule has 0 aliphatic carbocycles. The molecule has 0 saturated carbocycles. The number of aromatic hydroxyl groups is 2. The van der Waals surface area contributed by atoms with Crippen LogP contribution in [0.2, 0.25) is 0 Å². The lowest BCUT2D eigenvalue weighted by atomic mass is 10.1. The summed E-state index contributed by atoms with van der Waals surface area (Å²) in [5, 5.41) is 24.4. The fourth-order valence-corrected chi connectivity index (χ4v) is 2.96. The Labute approximate surface area is 136 Å². The summed E-state index contributed by atoms with van der Waals surface area (Å²) in [5.74, 6) is -0.0255. The monoisotopic (exact) mass is 326 g/mol. The maximum atomic E-state index is 11.2. The zero-order valence-corrected chi connectivity index (χ0v) is 13.1. The van der Waals surface area contributed by atoms with Gasteiger partial charge in [-0.05, 0) is 42.5 Å². The van der Waals surface area contributed by atoms with Gasteiger partial charge < -0.3 is 15.5 Å². The van der Waals surface area contributed by atoms with E-state index in [0.29, 0.717) is 5.69 Å². The van der Waals surface area contributed by atoms with Crippen molar-refractivity contribution in [2.75, 3.05) is 5.32 Å². The van der Waals surface area contributed by atoms with Crippen molar-refractivity contribution in [1.29, 1.82) is 0 Å². The molecule has 1 heterocycles. The van der Waals surface area contributed by atoms with Gasteiger partial charge in [0.15, 0.2) is 0 Å². The molecule has 0 aliphatic rings. The number of phenolic OH excluding ortho intramolecular Hbond substituents is 2. The normalized spacial score (nSPS) is 10.5. The molecule has 0 aliphatic heterocycles. The lowest BCUT2D eigenvalue weighted by molar-refractivity contribution is -0.114. The van der Waals surface area contributed by atoms with Crippen molar-refractivity contribution in [3.63, 3.8) is 0 Å². The first kappa shape index (κ1) is 15.1. The Morgan fingerprint density at radius 3 is 2.48 bits per heavy atom. The number of nitrogens with zero attached hydrogens (tertiary/aromatic N) is 1. The lowest BCUT2D eigenvalue weighted by Crippen LogP contribution is -2.05. The molecule has 0 atom stereocenters. The van der Waals surface area contributed by atoms with E-state index in [4.69, 9.17) is 0 Å². The standard InChI is InChI=1S/C17H14N2O3S/c1-10(20)18-14-8-12(4-7-16(14)22)15-9-23-17(19-15)11-2-5-13(21)6-3-11/h2-9,21-22H,1H3,(H,18,20). The highest BCUT2D eigenvalue weighted by molar-refractivity contribution is 7.13. The van der Waals surface area contributed by atoms with Crippen molar-refractivity contribution in [3.05, 3.63) is 47.8 Å². The van der Waals surface area contributed by atoms with E-state index in [1.807, 2.05) is 5.38 Å². The van der Waals surface area contributed by atoms with Gasteiger partial charge in [-0.2, -0.15) is 0 Å². The van der Waals surface area contributed by atoms with Gasteiger partial charge in [-0.25, -0.2) is 4.98 Å². The van der Waals surface area contributed by atoms with E-state index in [0.717, 1.165) is 21.8 Å². The van der Waals surface area contributed by atoms with Crippen LogP contribution in [0, 0.1) is 0 Å². The molecule has 3 rings (SSSR count). The van der Waals surface area contributed by atoms with Crippen LogP contribution in [0.4, 0.5) is 5.69 Å². The van der Waals surface area contributed by atoms with Crippen molar-refractivity contribution in [2.24, 2.45) is 0 Å². The van der Waals surface area contributed by atoms with Crippen LogP contribution in [0.25, 0.3) is 21.8 Å². The molecule has 2 aromatic carbocycles. The number of amides is 1. The SMILES string of the molecule is CC(=O)Nc1cc(-c2csc(-c3ccc(O)cc3)n2)ccc1O. The fourth-order valence-electron chi connectivity index (χ4n) is 2.13. The Balaban J connectivity index is 1.94. The van der Waals surface area contributed by atoms with Gasteiger partial charge in [0, 0.05) is 23.4 Å². The second-order valence-electron chi connectivity index (χ2n) is 5.00. The van der Waals surface area contributed by atoms with Crippen molar-refractivity contribution in [3.8, 4) is 33.3 Å². The molecule has 5 nitrogen and oxygen atoms in total. The Kier molecular flexibility index (Phi) is 3.99. The summed E-state index contributed by atoms with van der Waals surface area (Å²) in [6, 6.07) is 11.8. The van der Waals surface area contributed by atoms with E-state index in [-0.39, 0.29) is 17.4 Å². The van der Waals surface area contributed by atoms with Crippen LogP contribution in [0.15, 0.2) is 47.8 Å². The maximum absolute atomic E-state index is 11.2. The van der Waals surface area contributed by atoms with Gasteiger partial charge in [0.2, 0.25) is 5.91 Å². The van der Waals surface area contributed by atoms with E-state index in [1.165, 1.54) is 24.3 Å². The zero-order chi connectivity index (χ0) is 16.4. The maximum Gasteiger partial charge on any atom is 0.221 e. The van der Waals surface area contributed by atoms with Crippen molar-refractivity contribution < 1.29 is 15.0 Å². The molecule has 116 valence electrons. The molecule has 23 heavy (non-hydrogen) atoms. The summed E-state index contributed by atoms with van der Waals surface area (Å²) >= 11 is 1.48. The summed E-state index contributed by atoms with van der Waals surface area (Å²) in [7, 11) is 0. The highest BCUT2D eigenvalue weighted by Crippen LogP contribution is 2.33. The van der Waals surface area contributed by atoms with Gasteiger partial charge in [0.05, 0.1) is 11.4 Å². The molecular weight excluding hydrogens is 312 g/mol. The van der Waals surface area contributed by atoms with Gasteiger partial charge in [-0.3, -0.25) is 4.79 Å². The largest absolute Gasteiger partial charge is 0.508 e. The average molecular weight is 326 g/mol. The number of hydrogen-bond donors (Lipinski definition) is 3. The molecular formula is C17H14N2O3S. The Morgan fingerprint density at radius 1 is 1.09 bits per heavy atom. The third-order valence-corrected chi connectivity index (χ3v) is 4.11. The van der Waals surface area contributed by atoms with Gasteiger partial charge in [0.1, 0.15) is 16.5 Å². The Hall–Kier alpha value is -2.86. The lowest BCUT2D eigenvalue weighted by Gasteiger charge is -2.06. The van der Waals surface area contributed by atoms with E-state index in [2.05, 4.69) is 10.3 Å². The number of carbonyl (C=O) groups excluding carboxylic acids is 1. The van der Waals surface area contributed by atoms with Crippen LogP contribution in [0.3, 0.4) is 0 Å². The summed E-state index contributed by atoms with van der Waals surface area (Å²) in [6.07, 6.45) is 0. The fraction of sp³-hybridized carbons (Fsp3) is 0.0588. The van der Waals surface area contributed by atoms with E-state index >= 15 is 0 Å². The number of hydrogen-bond acceptors (Lipinski definition) is 5. The van der Waals surface area contributed by atoms with Crippen LogP contribution in [0.1, 0.15) is 6.92 Å². The van der Waals surface area contributed by atoms with Crippen molar-refractivity contribution in [1.82, 2.24) is 4.98 Å². The van der Waals surface area contributed by atoms with E-state index in [9.17, 15) is 15.0 Å². The predicted molar refractivity (Wildman–Crippen MR) is 90.6 cm³/mol. The molecule has 0 radical (unpaired) electrons. The topological polar surface area (TPSA) is 82.5 Å². The Morgan fingerprint density at radius 2 is 1.78 bits per heavy atom. The third-order valence-electron chi connectivity index (χ3n) is 3.22. The smallest absolute Gasteiger partial charge is 0.221 e. The quantitative estimate of drug-likeness (QED) is 0.639. The summed E-state index contributed by atoms with van der Waals surface area (Å²) in [5.41, 5.74) is 2.83. The van der Waals surface area contributed by atoms with Gasteiger partial charge in [0.25, 0.3) is 0 Å². The second kappa shape index (κ2) is 6.10. The number of aromatic nitrogens is 1. The second-order valence-corrected chi connectivity index (χ2v) is 5.86. The molecule has 6 heteroatoms. The van der Waals surface area contributed by atoms with E-state index < -0.39 is 0 Å².